The number of hydrogen-bond acceptors (Lipinski definition) is 4. The van der Waals surface area contributed by atoms with Crippen LogP contribution < -0.4 is 0 Å². The summed E-state index contributed by atoms with van der Waals surface area (Å²) in [4.78, 5) is 11.4. The van der Waals surface area contributed by atoms with Crippen molar-refractivity contribution < 1.29 is 31.7 Å². The van der Waals surface area contributed by atoms with Gasteiger partial charge in [0.25, 0.3) is 0 Å². The van der Waals surface area contributed by atoms with Crippen LogP contribution in [0.3, 0.4) is 0 Å². The first-order chi connectivity index (χ1) is 12.2. The van der Waals surface area contributed by atoms with Crippen molar-refractivity contribution in [3.05, 3.63) is 40.6 Å². The fourth-order valence-corrected chi connectivity index (χ4v) is 3.11. The van der Waals surface area contributed by atoms with E-state index in [0.717, 1.165) is 17.8 Å². The molecule has 0 radical (unpaired) electrons. The Bertz CT molecular complexity index is 743. The molecular weight excluding hydrogens is 383 g/mol. The van der Waals surface area contributed by atoms with Crippen molar-refractivity contribution >= 4 is 30.1 Å². The molecule has 1 heterocycles. The Hall–Kier alpha value is -1.32. The van der Waals surface area contributed by atoms with Crippen molar-refractivity contribution in [1.29, 1.82) is 0 Å². The second-order valence-electron chi connectivity index (χ2n) is 7.29. The molecule has 0 bridgehead atoms. The van der Waals surface area contributed by atoms with E-state index in [0.29, 0.717) is 5.47 Å². The van der Waals surface area contributed by atoms with E-state index in [1.807, 2.05) is 27.7 Å². The molecular formula is C18H21BF4O3S. The number of carbonyl (C=O) groups is 1. The molecule has 0 spiro atoms. The van der Waals surface area contributed by atoms with E-state index in [1.165, 1.54) is 25.1 Å². The highest BCUT2D eigenvalue weighted by Crippen LogP contribution is 2.40. The maximum atomic E-state index is 13.9. The molecule has 1 saturated heterocycles. The third-order valence-corrected chi connectivity index (χ3v) is 5.55. The van der Waals surface area contributed by atoms with Gasteiger partial charge in [-0.1, -0.05) is 30.0 Å². The van der Waals surface area contributed by atoms with E-state index >= 15 is 0 Å². The van der Waals surface area contributed by atoms with Gasteiger partial charge in [-0.05, 0) is 44.8 Å². The summed E-state index contributed by atoms with van der Waals surface area (Å²) in [6.45, 7) is 8.60. The van der Waals surface area contributed by atoms with Gasteiger partial charge in [0, 0.05) is 12.7 Å². The predicted octanol–water partition coefficient (Wildman–Crippen LogP) is 5.14. The van der Waals surface area contributed by atoms with Gasteiger partial charge < -0.3 is 9.31 Å². The Balaban J connectivity index is 2.50. The molecule has 1 aromatic carbocycles. The van der Waals surface area contributed by atoms with E-state index < -0.39 is 35.9 Å². The van der Waals surface area contributed by atoms with Crippen LogP contribution in [-0.4, -0.2) is 29.2 Å². The highest BCUT2D eigenvalue weighted by molar-refractivity contribution is 8.13. The Labute approximate surface area is 160 Å². The van der Waals surface area contributed by atoms with Crippen molar-refractivity contribution in [1.82, 2.24) is 0 Å². The molecule has 0 atom stereocenters. The van der Waals surface area contributed by atoms with Crippen LogP contribution in [0.5, 0.6) is 0 Å². The zero-order valence-electron chi connectivity index (χ0n) is 15.7. The van der Waals surface area contributed by atoms with E-state index in [-0.39, 0.29) is 16.4 Å². The lowest BCUT2D eigenvalue weighted by molar-refractivity contribution is -0.140. The molecule has 0 N–H and O–H groups in total. The summed E-state index contributed by atoms with van der Waals surface area (Å²) in [5, 5.41) is -0.201. The molecule has 1 aliphatic heterocycles. The average Bonchev–Trinajstić information content (AvgIpc) is 2.70. The molecule has 1 aromatic rings. The maximum absolute atomic E-state index is 13.9. The van der Waals surface area contributed by atoms with E-state index in [9.17, 15) is 22.4 Å². The Morgan fingerprint density at radius 3 is 2.22 bits per heavy atom. The van der Waals surface area contributed by atoms with Gasteiger partial charge >= 0.3 is 13.3 Å². The molecule has 0 aromatic heterocycles. The third kappa shape index (κ3) is 4.94. The van der Waals surface area contributed by atoms with Crippen LogP contribution in [0.2, 0.25) is 0 Å². The van der Waals surface area contributed by atoms with Gasteiger partial charge in [0.15, 0.2) is 5.12 Å². The van der Waals surface area contributed by atoms with E-state index in [2.05, 4.69) is 0 Å². The number of thioether (sulfide) groups is 1. The average molecular weight is 404 g/mol. The lowest BCUT2D eigenvalue weighted by Gasteiger charge is -2.32. The Kier molecular flexibility index (Phi) is 6.19. The quantitative estimate of drug-likeness (QED) is 0.515. The minimum atomic E-state index is -4.86. The highest BCUT2D eigenvalue weighted by atomic mass is 32.2. The fourth-order valence-electron chi connectivity index (χ4n) is 2.52. The molecule has 1 fully saturated rings. The molecule has 9 heteroatoms. The molecule has 0 saturated carbocycles. The van der Waals surface area contributed by atoms with Crippen LogP contribution in [0, 0.1) is 5.82 Å². The Morgan fingerprint density at radius 2 is 1.74 bits per heavy atom. The number of benzene rings is 1. The van der Waals surface area contributed by atoms with Gasteiger partial charge in [0.2, 0.25) is 0 Å². The van der Waals surface area contributed by atoms with E-state index in [4.69, 9.17) is 9.31 Å². The minimum Gasteiger partial charge on any atom is -0.400 e. The monoisotopic (exact) mass is 404 g/mol. The van der Waals surface area contributed by atoms with Crippen molar-refractivity contribution in [3.8, 4) is 0 Å². The summed E-state index contributed by atoms with van der Waals surface area (Å²) in [5.41, 5.74) is -2.77. The second kappa shape index (κ2) is 7.60. The molecule has 0 amide bonds. The largest absolute Gasteiger partial charge is 0.491 e. The second-order valence-corrected chi connectivity index (χ2v) is 8.44. The first-order valence-electron chi connectivity index (χ1n) is 8.30. The highest BCUT2D eigenvalue weighted by Gasteiger charge is 2.52. The van der Waals surface area contributed by atoms with Crippen LogP contribution in [0.4, 0.5) is 17.6 Å². The summed E-state index contributed by atoms with van der Waals surface area (Å²) < 4.78 is 65.6. The van der Waals surface area contributed by atoms with Gasteiger partial charge in [0.1, 0.15) is 5.82 Å². The van der Waals surface area contributed by atoms with Gasteiger partial charge in [-0.3, -0.25) is 4.79 Å². The number of alkyl halides is 3. The lowest BCUT2D eigenvalue weighted by Crippen LogP contribution is -2.41. The first kappa shape index (κ1) is 22.0. The number of halogens is 4. The van der Waals surface area contributed by atoms with Crippen molar-refractivity contribution in [2.24, 2.45) is 0 Å². The molecule has 2 rings (SSSR count). The standard InChI is InChI=1S/C18H21BF4O3S/c1-11(24)27-10-13(19-25-16(2,3)17(4,5)26-19)9-12-7-6-8-14(20)15(12)18(21,22)23/h6-9H,10H2,1-5H3. The van der Waals surface area contributed by atoms with Gasteiger partial charge in [-0.25, -0.2) is 4.39 Å². The number of rotatable bonds is 4. The van der Waals surface area contributed by atoms with Gasteiger partial charge in [-0.15, -0.1) is 0 Å². The minimum absolute atomic E-state index is 0.0694. The van der Waals surface area contributed by atoms with Crippen molar-refractivity contribution in [2.75, 3.05) is 5.75 Å². The van der Waals surface area contributed by atoms with Crippen molar-refractivity contribution in [3.63, 3.8) is 0 Å². The van der Waals surface area contributed by atoms with Gasteiger partial charge in [0.05, 0.1) is 16.8 Å². The lowest BCUT2D eigenvalue weighted by atomic mass is 9.78. The SMILES string of the molecule is CC(=O)SCC(=Cc1cccc(F)c1C(F)(F)F)B1OC(C)(C)C(C)(C)O1. The van der Waals surface area contributed by atoms with Crippen LogP contribution >= 0.6 is 11.8 Å². The normalized spacial score (nSPS) is 19.4. The van der Waals surface area contributed by atoms with Crippen LogP contribution in [-0.2, 0) is 20.3 Å². The maximum Gasteiger partial charge on any atom is 0.491 e. The van der Waals surface area contributed by atoms with Crippen molar-refractivity contribution in [2.45, 2.75) is 52.0 Å². The Morgan fingerprint density at radius 1 is 1.19 bits per heavy atom. The zero-order chi connectivity index (χ0) is 20.6. The van der Waals surface area contributed by atoms with Crippen LogP contribution in [0.15, 0.2) is 23.7 Å². The zero-order valence-corrected chi connectivity index (χ0v) is 16.6. The number of hydrogen-bond donors (Lipinski definition) is 0. The van der Waals surface area contributed by atoms with Crippen LogP contribution in [0.25, 0.3) is 6.08 Å². The molecule has 27 heavy (non-hydrogen) atoms. The summed E-state index contributed by atoms with van der Waals surface area (Å²) >= 11 is 0.921. The van der Waals surface area contributed by atoms with Gasteiger partial charge in [-0.2, -0.15) is 13.2 Å². The molecule has 3 nitrogen and oxygen atoms in total. The predicted molar refractivity (Wildman–Crippen MR) is 98.6 cm³/mol. The summed E-state index contributed by atoms with van der Waals surface area (Å²) in [5.74, 6) is -1.29. The smallest absolute Gasteiger partial charge is 0.400 e. The molecule has 1 aliphatic rings. The van der Waals surface area contributed by atoms with E-state index in [1.54, 1.807) is 0 Å². The summed E-state index contributed by atoms with van der Waals surface area (Å²) in [6, 6.07) is 3.14. The first-order valence-corrected chi connectivity index (χ1v) is 9.28. The summed E-state index contributed by atoms with van der Waals surface area (Å²) in [7, 11) is -0.939. The van der Waals surface area contributed by atoms with Crippen LogP contribution in [0.1, 0.15) is 45.7 Å². The topological polar surface area (TPSA) is 35.5 Å². The molecule has 0 unspecified atom stereocenters. The summed E-state index contributed by atoms with van der Waals surface area (Å²) in [6.07, 6.45) is -3.66. The third-order valence-electron chi connectivity index (χ3n) is 4.67. The fraction of sp³-hybridized carbons (Fsp3) is 0.500. The molecule has 0 aliphatic carbocycles. The molecule has 148 valence electrons. The number of carbonyl (C=O) groups excluding carboxylic acids is 1.